The molecule has 118 valence electrons. The number of carbonyl (C=O) groups excluding carboxylic acids is 1. The molecule has 4 heteroatoms. The fourth-order valence-electron chi connectivity index (χ4n) is 2.05. The van der Waals surface area contributed by atoms with Crippen molar-refractivity contribution in [1.29, 1.82) is 0 Å². The second-order valence-electron chi connectivity index (χ2n) is 6.26. The molecule has 1 atom stereocenters. The van der Waals surface area contributed by atoms with Gasteiger partial charge in [0.25, 0.3) is 0 Å². The molecule has 21 heavy (non-hydrogen) atoms. The number of esters is 1. The van der Waals surface area contributed by atoms with Crippen LogP contribution in [0.25, 0.3) is 0 Å². The first-order valence-electron chi connectivity index (χ1n) is 7.35. The number of rotatable bonds is 7. The lowest BCUT2D eigenvalue weighted by molar-refractivity contribution is -0.147. The molecule has 1 aromatic carbocycles. The highest BCUT2D eigenvalue weighted by molar-refractivity contribution is 5.79. The van der Waals surface area contributed by atoms with Crippen molar-refractivity contribution < 1.29 is 14.3 Å². The topological polar surface area (TPSA) is 47.6 Å². The fraction of sp³-hybridized carbons (Fsp3) is 0.588. The second kappa shape index (κ2) is 7.46. The van der Waals surface area contributed by atoms with Crippen molar-refractivity contribution in [3.05, 3.63) is 29.8 Å². The maximum Gasteiger partial charge on any atom is 0.325 e. The largest absolute Gasteiger partial charge is 0.493 e. The van der Waals surface area contributed by atoms with E-state index in [1.165, 1.54) is 7.11 Å². The summed E-state index contributed by atoms with van der Waals surface area (Å²) in [4.78, 5) is 11.7. The number of nitrogens with one attached hydrogen (secondary N) is 1. The van der Waals surface area contributed by atoms with Gasteiger partial charge in [-0.2, -0.15) is 0 Å². The Labute approximate surface area is 127 Å². The molecule has 0 aliphatic rings. The van der Waals surface area contributed by atoms with E-state index in [2.05, 4.69) is 19.2 Å². The SMILES string of the molecule is COC(=O)C(C)(C)NC(C)c1ccc(OCC(C)C)cc1. The molecule has 0 aromatic heterocycles. The predicted octanol–water partition coefficient (Wildman–Crippen LogP) is 3.32. The number of ether oxygens (including phenoxy) is 2. The van der Waals surface area contributed by atoms with Gasteiger partial charge in [-0.25, -0.2) is 0 Å². The molecular weight excluding hydrogens is 266 g/mol. The standard InChI is InChI=1S/C17H27NO3/c1-12(2)11-21-15-9-7-14(8-10-15)13(3)18-17(4,5)16(19)20-6/h7-10,12-13,18H,11H2,1-6H3. The van der Waals surface area contributed by atoms with Crippen molar-refractivity contribution in [3.8, 4) is 5.75 Å². The van der Waals surface area contributed by atoms with Crippen molar-refractivity contribution in [2.75, 3.05) is 13.7 Å². The summed E-state index contributed by atoms with van der Waals surface area (Å²) in [6, 6.07) is 7.99. The maximum absolute atomic E-state index is 11.7. The van der Waals surface area contributed by atoms with Gasteiger partial charge in [-0.05, 0) is 44.4 Å². The summed E-state index contributed by atoms with van der Waals surface area (Å²) in [6.07, 6.45) is 0. The number of benzene rings is 1. The smallest absolute Gasteiger partial charge is 0.325 e. The lowest BCUT2D eigenvalue weighted by Gasteiger charge is -2.27. The van der Waals surface area contributed by atoms with E-state index in [9.17, 15) is 4.79 Å². The average Bonchev–Trinajstić information content (AvgIpc) is 2.44. The summed E-state index contributed by atoms with van der Waals surface area (Å²) in [7, 11) is 1.40. The van der Waals surface area contributed by atoms with E-state index in [1.54, 1.807) is 0 Å². The van der Waals surface area contributed by atoms with Crippen LogP contribution in [0.2, 0.25) is 0 Å². The van der Waals surface area contributed by atoms with Crippen LogP contribution >= 0.6 is 0 Å². The minimum absolute atomic E-state index is 0.0400. The molecule has 1 rings (SSSR count). The summed E-state index contributed by atoms with van der Waals surface area (Å²) in [5.41, 5.74) is 0.380. The van der Waals surface area contributed by atoms with E-state index in [0.29, 0.717) is 12.5 Å². The molecule has 1 aromatic rings. The predicted molar refractivity (Wildman–Crippen MR) is 84.4 cm³/mol. The second-order valence-corrected chi connectivity index (χ2v) is 6.26. The Hall–Kier alpha value is -1.55. The Morgan fingerprint density at radius 1 is 1.19 bits per heavy atom. The Bertz CT molecular complexity index is 452. The van der Waals surface area contributed by atoms with Gasteiger partial charge in [0.05, 0.1) is 13.7 Å². The lowest BCUT2D eigenvalue weighted by Crippen LogP contribution is -2.48. The molecule has 1 N–H and O–H groups in total. The van der Waals surface area contributed by atoms with Gasteiger partial charge in [0.1, 0.15) is 11.3 Å². The highest BCUT2D eigenvalue weighted by Gasteiger charge is 2.30. The summed E-state index contributed by atoms with van der Waals surface area (Å²) in [5, 5.41) is 3.28. The van der Waals surface area contributed by atoms with Crippen molar-refractivity contribution in [2.24, 2.45) is 5.92 Å². The van der Waals surface area contributed by atoms with Gasteiger partial charge >= 0.3 is 5.97 Å². The molecule has 0 aliphatic heterocycles. The minimum Gasteiger partial charge on any atom is -0.493 e. The number of carbonyl (C=O) groups is 1. The van der Waals surface area contributed by atoms with Crippen LogP contribution in [0.15, 0.2) is 24.3 Å². The molecule has 0 aliphatic carbocycles. The van der Waals surface area contributed by atoms with Crippen molar-refractivity contribution in [1.82, 2.24) is 5.32 Å². The van der Waals surface area contributed by atoms with Crippen LogP contribution in [0.1, 0.15) is 46.2 Å². The highest BCUT2D eigenvalue weighted by Crippen LogP contribution is 2.20. The van der Waals surface area contributed by atoms with Crippen molar-refractivity contribution in [3.63, 3.8) is 0 Å². The molecule has 0 spiro atoms. The van der Waals surface area contributed by atoms with Crippen LogP contribution in [0.4, 0.5) is 0 Å². The van der Waals surface area contributed by atoms with Crippen LogP contribution < -0.4 is 10.1 Å². The van der Waals surface area contributed by atoms with Gasteiger partial charge in [-0.3, -0.25) is 10.1 Å². The Balaban J connectivity index is 2.67. The van der Waals surface area contributed by atoms with Gasteiger partial charge in [-0.15, -0.1) is 0 Å². The molecule has 0 saturated heterocycles. The van der Waals surface area contributed by atoms with Crippen LogP contribution in [-0.4, -0.2) is 25.2 Å². The molecule has 0 bridgehead atoms. The Morgan fingerprint density at radius 2 is 1.76 bits per heavy atom. The van der Waals surface area contributed by atoms with E-state index in [0.717, 1.165) is 11.3 Å². The van der Waals surface area contributed by atoms with Crippen LogP contribution in [-0.2, 0) is 9.53 Å². The quantitative estimate of drug-likeness (QED) is 0.783. The molecule has 0 fully saturated rings. The van der Waals surface area contributed by atoms with Gasteiger partial charge < -0.3 is 9.47 Å². The van der Waals surface area contributed by atoms with Crippen LogP contribution in [0.3, 0.4) is 0 Å². The Kier molecular flexibility index (Phi) is 6.21. The zero-order valence-corrected chi connectivity index (χ0v) is 13.9. The molecule has 0 heterocycles. The normalized spacial score (nSPS) is 13.1. The first kappa shape index (κ1) is 17.5. The third-order valence-electron chi connectivity index (χ3n) is 3.24. The van der Waals surface area contributed by atoms with E-state index in [-0.39, 0.29) is 12.0 Å². The van der Waals surface area contributed by atoms with E-state index in [1.807, 2.05) is 45.0 Å². The Morgan fingerprint density at radius 3 is 2.24 bits per heavy atom. The van der Waals surface area contributed by atoms with Crippen molar-refractivity contribution in [2.45, 2.75) is 46.2 Å². The van der Waals surface area contributed by atoms with E-state index >= 15 is 0 Å². The molecule has 4 nitrogen and oxygen atoms in total. The highest BCUT2D eigenvalue weighted by atomic mass is 16.5. The first-order valence-corrected chi connectivity index (χ1v) is 7.35. The molecule has 0 amide bonds. The summed E-state index contributed by atoms with van der Waals surface area (Å²) in [6.45, 7) is 10.6. The number of hydrogen-bond acceptors (Lipinski definition) is 4. The average molecular weight is 293 g/mol. The lowest BCUT2D eigenvalue weighted by atomic mass is 10.0. The summed E-state index contributed by atoms with van der Waals surface area (Å²) in [5.74, 6) is 1.10. The van der Waals surface area contributed by atoms with E-state index in [4.69, 9.17) is 9.47 Å². The van der Waals surface area contributed by atoms with Gasteiger partial charge in [0.2, 0.25) is 0 Å². The maximum atomic E-state index is 11.7. The van der Waals surface area contributed by atoms with Crippen LogP contribution in [0, 0.1) is 5.92 Å². The first-order chi connectivity index (χ1) is 9.76. The zero-order valence-electron chi connectivity index (χ0n) is 13.9. The van der Waals surface area contributed by atoms with Gasteiger partial charge in [0.15, 0.2) is 0 Å². The van der Waals surface area contributed by atoms with Crippen molar-refractivity contribution >= 4 is 5.97 Å². The van der Waals surface area contributed by atoms with Gasteiger partial charge in [0, 0.05) is 6.04 Å². The minimum atomic E-state index is -0.721. The summed E-state index contributed by atoms with van der Waals surface area (Å²) >= 11 is 0. The third kappa shape index (κ3) is 5.38. The number of methoxy groups -OCH3 is 1. The molecule has 0 saturated carbocycles. The fourth-order valence-corrected chi connectivity index (χ4v) is 2.05. The summed E-state index contributed by atoms with van der Waals surface area (Å²) < 4.78 is 10.5. The van der Waals surface area contributed by atoms with Crippen LogP contribution in [0.5, 0.6) is 5.75 Å². The molecule has 1 unspecified atom stereocenters. The molecule has 0 radical (unpaired) electrons. The monoisotopic (exact) mass is 293 g/mol. The van der Waals surface area contributed by atoms with E-state index < -0.39 is 5.54 Å². The van der Waals surface area contributed by atoms with Gasteiger partial charge in [-0.1, -0.05) is 26.0 Å². The number of hydrogen-bond donors (Lipinski definition) is 1. The zero-order chi connectivity index (χ0) is 16.0. The third-order valence-corrected chi connectivity index (χ3v) is 3.24. The molecular formula is C17H27NO3.